The quantitative estimate of drug-likeness (QED) is 0.0466. The Balaban J connectivity index is 1.56. The number of phenolic OH excluding ortho intramolecular Hbond substituents is 2. The largest absolute Gasteiger partial charge is 0.508 e. The predicted octanol–water partition coefficient (Wildman–Crippen LogP) is 4.19. The van der Waals surface area contributed by atoms with Crippen molar-refractivity contribution < 1.29 is 69.0 Å². The Morgan fingerprint density at radius 3 is 1.06 bits per heavy atom. The molecule has 5 unspecified atom stereocenters. The van der Waals surface area contributed by atoms with Gasteiger partial charge in [0, 0.05) is 41.5 Å². The monoisotopic (exact) mass is 930 g/mol. The van der Waals surface area contributed by atoms with E-state index in [1.54, 1.807) is 44.2 Å². The van der Waals surface area contributed by atoms with Crippen LogP contribution in [0.1, 0.15) is 89.5 Å². The summed E-state index contributed by atoms with van der Waals surface area (Å²) in [5.41, 5.74) is 0.978. The lowest BCUT2D eigenvalue weighted by Crippen LogP contribution is -2.45. The molecule has 0 heterocycles. The number of nitrogens with one attached hydrogen (secondary N) is 4. The number of hydrogen-bond acceptors (Lipinski definition) is 10. The number of benzene rings is 5. The zero-order chi connectivity index (χ0) is 49.7. The second-order valence-corrected chi connectivity index (χ2v) is 16.2. The summed E-state index contributed by atoms with van der Waals surface area (Å²) >= 11 is 0. The van der Waals surface area contributed by atoms with Crippen LogP contribution in [0.4, 0.5) is 0 Å². The number of carboxylic acids is 4. The molecule has 0 fully saturated rings. The van der Waals surface area contributed by atoms with Gasteiger partial charge in [0.05, 0.1) is 0 Å². The Kier molecular flexibility index (Phi) is 17.1. The van der Waals surface area contributed by atoms with Crippen molar-refractivity contribution in [2.24, 2.45) is 5.92 Å². The number of aromatic hydroxyl groups is 2. The molecule has 5 aromatic rings. The summed E-state index contributed by atoms with van der Waals surface area (Å²) in [6.45, 7) is 3.36. The van der Waals surface area contributed by atoms with E-state index in [4.69, 9.17) is 0 Å². The number of carbonyl (C=O) groups is 8. The van der Waals surface area contributed by atoms with Crippen LogP contribution in [0.2, 0.25) is 0 Å². The minimum absolute atomic E-state index is 0.0627. The first-order valence-electron chi connectivity index (χ1n) is 21.3. The maximum absolute atomic E-state index is 13.9. The van der Waals surface area contributed by atoms with Crippen LogP contribution in [0.3, 0.4) is 0 Å². The fraction of sp³-hybridized carbons (Fsp3) is 0.240. The van der Waals surface area contributed by atoms with E-state index >= 15 is 0 Å². The first-order valence-corrected chi connectivity index (χ1v) is 21.3. The van der Waals surface area contributed by atoms with E-state index in [-0.39, 0.29) is 70.6 Å². The summed E-state index contributed by atoms with van der Waals surface area (Å²) in [6.07, 6.45) is -0.384. The molecule has 68 heavy (non-hydrogen) atoms. The number of rotatable bonds is 22. The van der Waals surface area contributed by atoms with Gasteiger partial charge >= 0.3 is 23.9 Å². The maximum atomic E-state index is 13.9. The second-order valence-electron chi connectivity index (χ2n) is 16.2. The highest BCUT2D eigenvalue weighted by Gasteiger charge is 2.29. The third kappa shape index (κ3) is 14.2. The molecule has 5 aromatic carbocycles. The number of carbonyl (C=O) groups excluding carboxylic acids is 4. The van der Waals surface area contributed by atoms with Gasteiger partial charge in [0.2, 0.25) is 0 Å². The minimum atomic E-state index is -1.50. The lowest BCUT2D eigenvalue weighted by Gasteiger charge is -2.21. The van der Waals surface area contributed by atoms with Crippen molar-refractivity contribution in [2.75, 3.05) is 0 Å². The topological polar surface area (TPSA) is 306 Å². The summed E-state index contributed by atoms with van der Waals surface area (Å²) in [4.78, 5) is 105. The Bertz CT molecular complexity index is 2670. The SMILES string of the molecule is CCC(C)C(NC(=O)c1cc(Cc2cc(C(=O)NC(Cc3ccccc3)C(=O)O)cc(C(=O)NC(Cc3ccc(O)cc3)C(=O)O)c2)cc(C(=O)NC(Cc2ccc(O)cc2)C(=O)O)c1)C(=O)O. The first kappa shape index (κ1) is 50.5. The average molecular weight is 931 g/mol. The van der Waals surface area contributed by atoms with Gasteiger partial charge in [0.25, 0.3) is 23.6 Å². The highest BCUT2D eigenvalue weighted by molar-refractivity contribution is 6.03. The molecule has 4 amide bonds. The van der Waals surface area contributed by atoms with Crippen LogP contribution in [-0.4, -0.2) is 102 Å². The minimum Gasteiger partial charge on any atom is -0.508 e. The van der Waals surface area contributed by atoms with Crippen LogP contribution >= 0.6 is 0 Å². The molecule has 0 aliphatic rings. The predicted molar refractivity (Wildman–Crippen MR) is 244 cm³/mol. The lowest BCUT2D eigenvalue weighted by molar-refractivity contribution is -0.141. The molecule has 0 aromatic heterocycles. The zero-order valence-electron chi connectivity index (χ0n) is 36.8. The third-order valence-electron chi connectivity index (χ3n) is 11.1. The number of phenols is 2. The average Bonchev–Trinajstić information content (AvgIpc) is 3.30. The van der Waals surface area contributed by atoms with Gasteiger partial charge in [-0.05, 0) is 101 Å². The van der Waals surface area contributed by atoms with Crippen LogP contribution in [-0.2, 0) is 44.9 Å². The van der Waals surface area contributed by atoms with Crippen molar-refractivity contribution >= 4 is 47.5 Å². The number of aliphatic carboxylic acids is 4. The van der Waals surface area contributed by atoms with Crippen LogP contribution in [0, 0.1) is 5.92 Å². The van der Waals surface area contributed by atoms with Crippen LogP contribution in [0.15, 0.2) is 115 Å². The molecular formula is C50H50N4O14. The molecule has 5 rings (SSSR count). The van der Waals surface area contributed by atoms with E-state index in [0.717, 1.165) is 12.1 Å². The highest BCUT2D eigenvalue weighted by Crippen LogP contribution is 2.21. The van der Waals surface area contributed by atoms with Crippen molar-refractivity contribution in [1.82, 2.24) is 21.3 Å². The van der Waals surface area contributed by atoms with E-state index in [1.165, 1.54) is 72.8 Å². The first-order chi connectivity index (χ1) is 32.3. The lowest BCUT2D eigenvalue weighted by atomic mass is 9.95. The van der Waals surface area contributed by atoms with Gasteiger partial charge in [-0.15, -0.1) is 0 Å². The Morgan fingerprint density at radius 1 is 0.426 bits per heavy atom. The highest BCUT2D eigenvalue weighted by atomic mass is 16.4. The van der Waals surface area contributed by atoms with E-state index < -0.39 is 77.6 Å². The molecule has 0 saturated carbocycles. The molecule has 0 aliphatic carbocycles. The Labute approximate surface area is 389 Å². The van der Waals surface area contributed by atoms with Crippen molar-refractivity contribution in [1.29, 1.82) is 0 Å². The van der Waals surface area contributed by atoms with Crippen LogP contribution in [0.25, 0.3) is 0 Å². The molecule has 354 valence electrons. The summed E-state index contributed by atoms with van der Waals surface area (Å²) < 4.78 is 0. The Morgan fingerprint density at radius 2 is 0.750 bits per heavy atom. The summed E-state index contributed by atoms with van der Waals surface area (Å²) in [6, 6.07) is 21.6. The number of carboxylic acid groups (broad SMARTS) is 4. The van der Waals surface area contributed by atoms with Gasteiger partial charge in [-0.3, -0.25) is 19.2 Å². The molecule has 0 bridgehead atoms. The van der Waals surface area contributed by atoms with Crippen molar-refractivity contribution in [3.63, 3.8) is 0 Å². The molecule has 0 spiro atoms. The van der Waals surface area contributed by atoms with Gasteiger partial charge < -0.3 is 51.9 Å². The number of hydrogen-bond donors (Lipinski definition) is 10. The van der Waals surface area contributed by atoms with Gasteiger partial charge in [0.15, 0.2) is 0 Å². The molecule has 18 nitrogen and oxygen atoms in total. The Hall–Kier alpha value is -8.54. The third-order valence-corrected chi connectivity index (χ3v) is 11.1. The summed E-state index contributed by atoms with van der Waals surface area (Å²) in [5.74, 6) is -9.83. The molecule has 5 atom stereocenters. The van der Waals surface area contributed by atoms with Gasteiger partial charge in [-0.1, -0.05) is 74.9 Å². The molecule has 0 radical (unpaired) electrons. The smallest absolute Gasteiger partial charge is 0.326 e. The molecule has 0 saturated heterocycles. The van der Waals surface area contributed by atoms with Crippen molar-refractivity contribution in [3.05, 3.63) is 165 Å². The number of amides is 4. The molecule has 18 heteroatoms. The van der Waals surface area contributed by atoms with Gasteiger partial charge in [-0.2, -0.15) is 0 Å². The molecule has 0 aliphatic heterocycles. The second kappa shape index (κ2) is 23.1. The normalized spacial score (nSPS) is 13.1. The van der Waals surface area contributed by atoms with Crippen LogP contribution in [0.5, 0.6) is 11.5 Å². The van der Waals surface area contributed by atoms with Gasteiger partial charge in [-0.25, -0.2) is 19.2 Å². The van der Waals surface area contributed by atoms with Crippen molar-refractivity contribution in [2.45, 2.75) is 70.1 Å². The summed E-state index contributed by atoms with van der Waals surface area (Å²) in [7, 11) is 0. The fourth-order valence-electron chi connectivity index (χ4n) is 7.17. The van der Waals surface area contributed by atoms with Crippen LogP contribution < -0.4 is 21.3 Å². The molecular weight excluding hydrogens is 881 g/mol. The van der Waals surface area contributed by atoms with E-state index in [1.807, 2.05) is 0 Å². The fourth-order valence-corrected chi connectivity index (χ4v) is 7.17. The summed E-state index contributed by atoms with van der Waals surface area (Å²) in [5, 5.41) is 69.3. The zero-order valence-corrected chi connectivity index (χ0v) is 36.8. The van der Waals surface area contributed by atoms with Gasteiger partial charge in [0.1, 0.15) is 35.7 Å². The van der Waals surface area contributed by atoms with E-state index in [2.05, 4.69) is 21.3 Å². The maximum Gasteiger partial charge on any atom is 0.326 e. The standard InChI is InChI=1S/C50H50N4O14/c1-3-27(2)42(50(67)68)54-46(60)36-21-32(20-35(26-36)45(59)53-41(49(65)66)24-30-11-15-38(56)16-12-30)17-31-18-33(43(57)51-39(47(61)62)22-28-7-5-4-6-8-28)25-34(19-31)44(58)52-40(48(63)64)23-29-9-13-37(55)14-10-29/h4-16,18-21,25-27,39-42,55-56H,3,17,22-24H2,1-2H3,(H,51,57)(H,52,58)(H,53,59)(H,54,60)(H,61,62)(H,63,64)(H,65,66)(H,67,68). The van der Waals surface area contributed by atoms with Crippen molar-refractivity contribution in [3.8, 4) is 11.5 Å². The van der Waals surface area contributed by atoms with E-state index in [0.29, 0.717) is 23.1 Å². The molecule has 10 N–H and O–H groups in total. The van der Waals surface area contributed by atoms with E-state index in [9.17, 15) is 69.0 Å².